The van der Waals surface area contributed by atoms with E-state index in [1.165, 1.54) is 10.8 Å². The highest BCUT2D eigenvalue weighted by atomic mass is 16.2. The molecule has 0 unspecified atom stereocenters. The van der Waals surface area contributed by atoms with Crippen molar-refractivity contribution < 1.29 is 14.4 Å². The number of anilines is 2. The standard InChI is InChI=1S/C33H39N7O3/c1-37(2)17-10-16-34-32(42)29-20-24(22-38(29)3)36-33(43)30-19-23(21-39(30)4)35-31(41)15-9-18-40-27-13-7-5-11-25(27)26-12-6-8-14-28(26)40/h5-8,11-14,19-22H,9-10,15-18H2,1-4H3,(H,34,42)(H,35,41)(H,36,43). The van der Waals surface area contributed by atoms with E-state index in [2.05, 4.69) is 49.7 Å². The Labute approximate surface area is 251 Å². The smallest absolute Gasteiger partial charge is 0.272 e. The molecule has 3 amide bonds. The van der Waals surface area contributed by atoms with Crippen LogP contribution in [-0.4, -0.2) is 63.5 Å². The van der Waals surface area contributed by atoms with Gasteiger partial charge in [0.05, 0.1) is 11.4 Å². The van der Waals surface area contributed by atoms with Gasteiger partial charge in [0, 0.05) is 67.8 Å². The van der Waals surface area contributed by atoms with Gasteiger partial charge < -0.3 is 34.6 Å². The second-order valence-corrected chi connectivity index (χ2v) is 11.2. The van der Waals surface area contributed by atoms with Gasteiger partial charge in [-0.25, -0.2) is 0 Å². The Morgan fingerprint density at radius 3 is 1.91 bits per heavy atom. The molecule has 0 aliphatic carbocycles. The summed E-state index contributed by atoms with van der Waals surface area (Å²) in [7, 11) is 7.51. The Morgan fingerprint density at radius 2 is 1.30 bits per heavy atom. The lowest BCUT2D eigenvalue weighted by molar-refractivity contribution is -0.116. The quantitative estimate of drug-likeness (QED) is 0.184. The Morgan fingerprint density at radius 1 is 0.744 bits per heavy atom. The fraction of sp³-hybridized carbons (Fsp3) is 0.303. The molecule has 0 saturated carbocycles. The molecule has 5 rings (SSSR count). The zero-order chi connectivity index (χ0) is 30.5. The lowest BCUT2D eigenvalue weighted by Crippen LogP contribution is -2.28. The number of carbonyl (C=O) groups is 3. The van der Waals surface area contributed by atoms with Gasteiger partial charge >= 0.3 is 0 Å². The van der Waals surface area contributed by atoms with Crippen LogP contribution in [0.15, 0.2) is 73.1 Å². The minimum atomic E-state index is -0.335. The SMILES string of the molecule is CN(C)CCCNC(=O)c1cc(NC(=O)c2cc(NC(=O)CCCn3c4ccccc4c4ccccc43)cn2C)cn1C. The molecule has 5 aromatic rings. The molecule has 3 N–H and O–H groups in total. The Kier molecular flexibility index (Phi) is 8.96. The number of rotatable bonds is 12. The fourth-order valence-corrected chi connectivity index (χ4v) is 5.47. The lowest BCUT2D eigenvalue weighted by Gasteiger charge is -2.10. The number of carbonyl (C=O) groups excluding carboxylic acids is 3. The van der Waals surface area contributed by atoms with Crippen molar-refractivity contribution in [2.75, 3.05) is 37.8 Å². The van der Waals surface area contributed by atoms with Gasteiger partial charge in [-0.15, -0.1) is 0 Å². The van der Waals surface area contributed by atoms with Crippen LogP contribution in [0.2, 0.25) is 0 Å². The number of hydrogen-bond donors (Lipinski definition) is 3. The van der Waals surface area contributed by atoms with Gasteiger partial charge in [-0.1, -0.05) is 36.4 Å². The molecule has 0 radical (unpaired) electrons. The van der Waals surface area contributed by atoms with Crippen LogP contribution < -0.4 is 16.0 Å². The van der Waals surface area contributed by atoms with Crippen LogP contribution >= 0.6 is 0 Å². The molecule has 0 aliphatic heterocycles. The molecule has 43 heavy (non-hydrogen) atoms. The Bertz CT molecular complexity index is 1720. The Balaban J connectivity index is 1.15. The molecular formula is C33H39N7O3. The Hall–Kier alpha value is -4.83. The van der Waals surface area contributed by atoms with E-state index in [1.54, 1.807) is 47.8 Å². The summed E-state index contributed by atoms with van der Waals surface area (Å²) in [6, 6.07) is 20.0. The van der Waals surface area contributed by atoms with Crippen molar-refractivity contribution >= 4 is 50.9 Å². The minimum absolute atomic E-state index is 0.109. The number of hydrogen-bond acceptors (Lipinski definition) is 4. The first-order chi connectivity index (χ1) is 20.7. The van der Waals surface area contributed by atoms with E-state index in [0.717, 1.165) is 30.5 Å². The van der Waals surface area contributed by atoms with Crippen molar-refractivity contribution in [1.29, 1.82) is 0 Å². The summed E-state index contributed by atoms with van der Waals surface area (Å²) in [6.07, 6.45) is 5.29. The zero-order valence-corrected chi connectivity index (χ0v) is 25.2. The third-order valence-electron chi connectivity index (χ3n) is 7.55. The molecule has 0 spiro atoms. The summed E-state index contributed by atoms with van der Waals surface area (Å²) in [5.74, 6) is -0.635. The van der Waals surface area contributed by atoms with E-state index in [-0.39, 0.29) is 17.7 Å². The zero-order valence-electron chi connectivity index (χ0n) is 25.2. The van der Waals surface area contributed by atoms with Crippen molar-refractivity contribution in [2.24, 2.45) is 14.1 Å². The summed E-state index contributed by atoms with van der Waals surface area (Å²) in [5.41, 5.74) is 4.24. The predicted molar refractivity (Wildman–Crippen MR) is 172 cm³/mol. The van der Waals surface area contributed by atoms with E-state index in [4.69, 9.17) is 0 Å². The maximum atomic E-state index is 13.1. The minimum Gasteiger partial charge on any atom is -0.351 e. The molecule has 0 fully saturated rings. The molecule has 0 atom stereocenters. The molecular weight excluding hydrogens is 542 g/mol. The number of benzene rings is 2. The van der Waals surface area contributed by atoms with Crippen molar-refractivity contribution in [3.8, 4) is 0 Å². The van der Waals surface area contributed by atoms with Crippen LogP contribution in [0.5, 0.6) is 0 Å². The van der Waals surface area contributed by atoms with Crippen LogP contribution in [0.1, 0.15) is 40.2 Å². The number of para-hydroxylation sites is 2. The van der Waals surface area contributed by atoms with Crippen LogP contribution in [0.4, 0.5) is 11.4 Å². The van der Waals surface area contributed by atoms with Gasteiger partial charge in [-0.3, -0.25) is 14.4 Å². The average molecular weight is 582 g/mol. The molecule has 224 valence electrons. The van der Waals surface area contributed by atoms with Gasteiger partial charge in [0.15, 0.2) is 0 Å². The van der Waals surface area contributed by atoms with Crippen LogP contribution in [0.25, 0.3) is 21.8 Å². The highest BCUT2D eigenvalue weighted by Crippen LogP contribution is 2.29. The van der Waals surface area contributed by atoms with E-state index in [9.17, 15) is 14.4 Å². The van der Waals surface area contributed by atoms with Crippen molar-refractivity contribution in [3.05, 3.63) is 84.4 Å². The first-order valence-corrected chi connectivity index (χ1v) is 14.5. The molecule has 10 nitrogen and oxygen atoms in total. The number of nitrogens with zero attached hydrogens (tertiary/aromatic N) is 4. The summed E-state index contributed by atoms with van der Waals surface area (Å²) in [4.78, 5) is 40.5. The average Bonchev–Trinajstić information content (AvgIpc) is 3.63. The highest BCUT2D eigenvalue weighted by Gasteiger charge is 2.17. The third-order valence-corrected chi connectivity index (χ3v) is 7.55. The monoisotopic (exact) mass is 581 g/mol. The molecule has 3 heterocycles. The van der Waals surface area contributed by atoms with E-state index < -0.39 is 0 Å². The van der Waals surface area contributed by atoms with Crippen LogP contribution in [0, 0.1) is 0 Å². The second kappa shape index (κ2) is 13.0. The summed E-state index contributed by atoms with van der Waals surface area (Å²) in [5, 5.41) is 11.1. The van der Waals surface area contributed by atoms with Crippen molar-refractivity contribution in [3.63, 3.8) is 0 Å². The number of amides is 3. The number of aryl methyl sites for hydroxylation is 3. The van der Waals surface area contributed by atoms with Gasteiger partial charge in [-0.2, -0.15) is 0 Å². The van der Waals surface area contributed by atoms with Gasteiger partial charge in [-0.05, 0) is 57.7 Å². The molecule has 2 aromatic carbocycles. The predicted octanol–water partition coefficient (Wildman–Crippen LogP) is 4.82. The van der Waals surface area contributed by atoms with E-state index >= 15 is 0 Å². The van der Waals surface area contributed by atoms with E-state index in [0.29, 0.717) is 42.1 Å². The van der Waals surface area contributed by atoms with Gasteiger partial charge in [0.25, 0.3) is 11.8 Å². The second-order valence-electron chi connectivity index (χ2n) is 11.2. The molecule has 0 bridgehead atoms. The molecule has 0 saturated heterocycles. The maximum absolute atomic E-state index is 13.1. The largest absolute Gasteiger partial charge is 0.351 e. The normalized spacial score (nSPS) is 11.4. The van der Waals surface area contributed by atoms with Gasteiger partial charge in [0.2, 0.25) is 5.91 Å². The van der Waals surface area contributed by atoms with Gasteiger partial charge in [0.1, 0.15) is 11.4 Å². The number of nitrogens with one attached hydrogen (secondary N) is 3. The molecule has 3 aromatic heterocycles. The summed E-state index contributed by atoms with van der Waals surface area (Å²) < 4.78 is 5.63. The summed E-state index contributed by atoms with van der Waals surface area (Å²) >= 11 is 0. The molecule has 10 heteroatoms. The van der Waals surface area contributed by atoms with Crippen molar-refractivity contribution in [1.82, 2.24) is 23.9 Å². The lowest BCUT2D eigenvalue weighted by atomic mass is 10.2. The fourth-order valence-electron chi connectivity index (χ4n) is 5.47. The van der Waals surface area contributed by atoms with E-state index in [1.807, 2.05) is 38.4 Å². The number of aromatic nitrogens is 3. The number of fused-ring (bicyclic) bond motifs is 3. The third kappa shape index (κ3) is 6.81. The highest BCUT2D eigenvalue weighted by molar-refractivity contribution is 6.08. The van der Waals surface area contributed by atoms with Crippen LogP contribution in [-0.2, 0) is 25.4 Å². The van der Waals surface area contributed by atoms with Crippen molar-refractivity contribution in [2.45, 2.75) is 25.8 Å². The summed E-state index contributed by atoms with van der Waals surface area (Å²) in [6.45, 7) is 2.18. The maximum Gasteiger partial charge on any atom is 0.272 e. The first kappa shape index (κ1) is 29.7. The topological polar surface area (TPSA) is 105 Å². The van der Waals surface area contributed by atoms with Crippen LogP contribution in [0.3, 0.4) is 0 Å². The first-order valence-electron chi connectivity index (χ1n) is 14.5. The molecule has 0 aliphatic rings.